The van der Waals surface area contributed by atoms with Gasteiger partial charge in [0.2, 0.25) is 5.91 Å². The minimum absolute atomic E-state index is 0.150. The summed E-state index contributed by atoms with van der Waals surface area (Å²) >= 11 is 6.03. The number of carbonyl (C=O) groups is 1. The third kappa shape index (κ3) is 2.93. The van der Waals surface area contributed by atoms with E-state index in [1.807, 2.05) is 24.3 Å². The average Bonchev–Trinajstić information content (AvgIpc) is 2.97. The highest BCUT2D eigenvalue weighted by molar-refractivity contribution is 6.30. The van der Waals surface area contributed by atoms with Crippen LogP contribution in [-0.4, -0.2) is 18.5 Å². The van der Waals surface area contributed by atoms with Gasteiger partial charge in [-0.15, -0.1) is 0 Å². The van der Waals surface area contributed by atoms with Crippen molar-refractivity contribution in [3.63, 3.8) is 0 Å². The molecule has 0 bridgehead atoms. The highest BCUT2D eigenvalue weighted by atomic mass is 35.5. The van der Waals surface area contributed by atoms with Crippen LogP contribution in [0.1, 0.15) is 37.7 Å². The first-order valence-corrected chi connectivity index (χ1v) is 7.36. The summed E-state index contributed by atoms with van der Waals surface area (Å²) in [7, 11) is 0. The molecule has 1 atom stereocenters. The van der Waals surface area contributed by atoms with Gasteiger partial charge < -0.3 is 10.6 Å². The molecule has 3 rings (SSSR count). The fraction of sp³-hybridized carbons (Fsp3) is 0.533. The van der Waals surface area contributed by atoms with Gasteiger partial charge in [-0.1, -0.05) is 23.7 Å². The lowest BCUT2D eigenvalue weighted by molar-refractivity contribution is -0.122. The summed E-state index contributed by atoms with van der Waals surface area (Å²) in [6, 6.07) is 8.18. The van der Waals surface area contributed by atoms with Gasteiger partial charge in [-0.25, -0.2) is 0 Å². The molecule has 0 spiro atoms. The standard InChI is InChI=1S/C15H19ClN2O/c16-12-4-1-3-11(9-12)15(6-7-15)18-14(19)10-13-5-2-8-17-13/h1,3-4,9,13,17H,2,5-8,10H2,(H,18,19). The summed E-state index contributed by atoms with van der Waals surface area (Å²) in [4.78, 5) is 12.1. The number of nitrogens with one attached hydrogen (secondary N) is 2. The predicted molar refractivity (Wildman–Crippen MR) is 76.1 cm³/mol. The lowest BCUT2D eigenvalue weighted by Crippen LogP contribution is -2.38. The fourth-order valence-electron chi connectivity index (χ4n) is 2.87. The van der Waals surface area contributed by atoms with Gasteiger partial charge in [-0.3, -0.25) is 4.79 Å². The monoisotopic (exact) mass is 278 g/mol. The van der Waals surface area contributed by atoms with E-state index in [1.165, 1.54) is 6.42 Å². The van der Waals surface area contributed by atoms with Crippen LogP contribution in [0.5, 0.6) is 0 Å². The van der Waals surface area contributed by atoms with Crippen LogP contribution in [-0.2, 0) is 10.3 Å². The van der Waals surface area contributed by atoms with Crippen LogP contribution in [0.15, 0.2) is 24.3 Å². The van der Waals surface area contributed by atoms with E-state index in [9.17, 15) is 4.79 Å². The molecule has 1 aromatic carbocycles. The maximum absolute atomic E-state index is 12.1. The molecule has 19 heavy (non-hydrogen) atoms. The first-order valence-electron chi connectivity index (χ1n) is 6.98. The lowest BCUT2D eigenvalue weighted by Gasteiger charge is -2.19. The number of halogens is 1. The topological polar surface area (TPSA) is 41.1 Å². The Kier molecular flexibility index (Phi) is 3.50. The number of rotatable bonds is 4. The van der Waals surface area contributed by atoms with Crippen molar-refractivity contribution in [2.24, 2.45) is 0 Å². The minimum atomic E-state index is -0.152. The molecular formula is C15H19ClN2O. The molecule has 102 valence electrons. The zero-order valence-electron chi connectivity index (χ0n) is 10.9. The molecule has 2 fully saturated rings. The Balaban J connectivity index is 1.63. The van der Waals surface area contributed by atoms with Crippen molar-refractivity contribution in [2.45, 2.75) is 43.7 Å². The highest BCUT2D eigenvalue weighted by Crippen LogP contribution is 2.46. The van der Waals surface area contributed by atoms with Crippen LogP contribution in [0.25, 0.3) is 0 Å². The van der Waals surface area contributed by atoms with Crippen molar-refractivity contribution in [3.05, 3.63) is 34.9 Å². The van der Waals surface area contributed by atoms with Crippen LogP contribution < -0.4 is 10.6 Å². The lowest BCUT2D eigenvalue weighted by atomic mass is 10.0. The van der Waals surface area contributed by atoms with Crippen molar-refractivity contribution >= 4 is 17.5 Å². The summed E-state index contributed by atoms with van der Waals surface area (Å²) in [6.45, 7) is 1.04. The molecule has 4 heteroatoms. The number of benzene rings is 1. The van der Waals surface area contributed by atoms with Crippen LogP contribution in [0.3, 0.4) is 0 Å². The van der Waals surface area contributed by atoms with E-state index in [2.05, 4.69) is 10.6 Å². The smallest absolute Gasteiger partial charge is 0.222 e. The quantitative estimate of drug-likeness (QED) is 0.889. The van der Waals surface area contributed by atoms with Crippen LogP contribution in [0.4, 0.5) is 0 Å². The maximum atomic E-state index is 12.1. The van der Waals surface area contributed by atoms with Crippen molar-refractivity contribution < 1.29 is 4.79 Å². The summed E-state index contributed by atoms with van der Waals surface area (Å²) in [5.74, 6) is 0.150. The van der Waals surface area contributed by atoms with Gasteiger partial charge in [-0.2, -0.15) is 0 Å². The van der Waals surface area contributed by atoms with Gasteiger partial charge in [0.15, 0.2) is 0 Å². The Morgan fingerprint density at radius 3 is 2.95 bits per heavy atom. The van der Waals surface area contributed by atoms with E-state index in [0.29, 0.717) is 12.5 Å². The maximum Gasteiger partial charge on any atom is 0.222 e. The van der Waals surface area contributed by atoms with E-state index in [4.69, 9.17) is 11.6 Å². The highest BCUT2D eigenvalue weighted by Gasteiger charge is 2.45. The third-order valence-corrected chi connectivity index (χ3v) is 4.34. The van der Waals surface area contributed by atoms with Gasteiger partial charge >= 0.3 is 0 Å². The van der Waals surface area contributed by atoms with Crippen molar-refractivity contribution in [3.8, 4) is 0 Å². The molecule has 1 aliphatic carbocycles. The Morgan fingerprint density at radius 2 is 2.32 bits per heavy atom. The van der Waals surface area contributed by atoms with Gasteiger partial charge in [-0.05, 0) is 49.9 Å². The molecular weight excluding hydrogens is 260 g/mol. The van der Waals surface area contributed by atoms with E-state index < -0.39 is 0 Å². The normalized spacial score (nSPS) is 24.2. The molecule has 2 aliphatic rings. The van der Waals surface area contributed by atoms with Crippen molar-refractivity contribution in [1.82, 2.24) is 10.6 Å². The molecule has 1 aliphatic heterocycles. The van der Waals surface area contributed by atoms with Crippen LogP contribution in [0, 0.1) is 0 Å². The Bertz CT molecular complexity index is 479. The number of carbonyl (C=O) groups excluding carboxylic acids is 1. The summed E-state index contributed by atoms with van der Waals surface area (Å²) in [5, 5.41) is 7.29. The molecule has 3 nitrogen and oxygen atoms in total. The minimum Gasteiger partial charge on any atom is -0.347 e. The summed E-state index contributed by atoms with van der Waals surface area (Å²) in [6.07, 6.45) is 4.89. The second-order valence-corrected chi connectivity index (χ2v) is 6.07. The van der Waals surface area contributed by atoms with E-state index >= 15 is 0 Å². The molecule has 1 saturated carbocycles. The molecule has 2 N–H and O–H groups in total. The summed E-state index contributed by atoms with van der Waals surface area (Å²) < 4.78 is 0. The molecule has 1 aromatic rings. The predicted octanol–water partition coefficient (Wildman–Crippen LogP) is 2.59. The average molecular weight is 279 g/mol. The number of amides is 1. The van der Waals surface area contributed by atoms with E-state index in [1.54, 1.807) is 0 Å². The Morgan fingerprint density at radius 1 is 1.47 bits per heavy atom. The Hall–Kier alpha value is -1.06. The first kappa shape index (κ1) is 12.9. The van der Waals surface area contributed by atoms with Crippen molar-refractivity contribution in [2.75, 3.05) is 6.54 Å². The van der Waals surface area contributed by atoms with Gasteiger partial charge in [0, 0.05) is 17.5 Å². The molecule has 1 amide bonds. The van der Waals surface area contributed by atoms with E-state index in [-0.39, 0.29) is 11.4 Å². The molecule has 0 radical (unpaired) electrons. The largest absolute Gasteiger partial charge is 0.347 e. The third-order valence-electron chi connectivity index (χ3n) is 4.10. The second-order valence-electron chi connectivity index (χ2n) is 5.64. The van der Waals surface area contributed by atoms with Crippen LogP contribution >= 0.6 is 11.6 Å². The van der Waals surface area contributed by atoms with Crippen LogP contribution in [0.2, 0.25) is 5.02 Å². The number of hydrogen-bond donors (Lipinski definition) is 2. The molecule has 1 heterocycles. The number of hydrogen-bond acceptors (Lipinski definition) is 2. The Labute approximate surface area is 118 Å². The SMILES string of the molecule is O=C(CC1CCCN1)NC1(c2cccc(Cl)c2)CC1. The van der Waals surface area contributed by atoms with Crippen molar-refractivity contribution in [1.29, 1.82) is 0 Å². The fourth-order valence-corrected chi connectivity index (χ4v) is 3.06. The van der Waals surface area contributed by atoms with Gasteiger partial charge in [0.1, 0.15) is 0 Å². The first-order chi connectivity index (χ1) is 9.18. The summed E-state index contributed by atoms with van der Waals surface area (Å²) in [5.41, 5.74) is 0.980. The molecule has 0 aromatic heterocycles. The van der Waals surface area contributed by atoms with Gasteiger partial charge in [0.05, 0.1) is 5.54 Å². The zero-order chi connectivity index (χ0) is 13.3. The second kappa shape index (κ2) is 5.14. The van der Waals surface area contributed by atoms with Gasteiger partial charge in [0.25, 0.3) is 0 Å². The molecule has 1 saturated heterocycles. The van der Waals surface area contributed by atoms with E-state index in [0.717, 1.165) is 36.4 Å². The zero-order valence-corrected chi connectivity index (χ0v) is 11.7. The molecule has 1 unspecified atom stereocenters.